The van der Waals surface area contributed by atoms with Crippen LogP contribution in [0, 0.1) is 5.41 Å². The zero-order valence-corrected chi connectivity index (χ0v) is 21.4. The van der Waals surface area contributed by atoms with Gasteiger partial charge >= 0.3 is 11.9 Å². The molecule has 1 N–H and O–H groups in total. The lowest BCUT2D eigenvalue weighted by Crippen LogP contribution is -2.63. The van der Waals surface area contributed by atoms with Gasteiger partial charge in [0, 0.05) is 38.6 Å². The van der Waals surface area contributed by atoms with E-state index in [1.165, 1.54) is 33.3 Å². The van der Waals surface area contributed by atoms with E-state index < -0.39 is 47.6 Å². The summed E-state index contributed by atoms with van der Waals surface area (Å²) in [5.74, 6) is -2.83. The molecule has 34 heavy (non-hydrogen) atoms. The van der Waals surface area contributed by atoms with Crippen molar-refractivity contribution in [1.82, 2.24) is 0 Å². The summed E-state index contributed by atoms with van der Waals surface area (Å²) in [5, 5.41) is 10.8. The molecule has 0 aromatic carbocycles. The fourth-order valence-electron chi connectivity index (χ4n) is 4.05. The van der Waals surface area contributed by atoms with E-state index in [2.05, 4.69) is 6.92 Å². The highest BCUT2D eigenvalue weighted by Gasteiger charge is 2.59. The summed E-state index contributed by atoms with van der Waals surface area (Å²) in [4.78, 5) is 35.2. The van der Waals surface area contributed by atoms with Gasteiger partial charge in [-0.25, -0.2) is 4.79 Å². The van der Waals surface area contributed by atoms with Gasteiger partial charge in [0.15, 0.2) is 6.10 Å². The van der Waals surface area contributed by atoms with E-state index in [1.54, 1.807) is 26.8 Å². The number of esters is 2. The van der Waals surface area contributed by atoms with Gasteiger partial charge in [0.2, 0.25) is 5.79 Å². The van der Waals surface area contributed by atoms with Crippen molar-refractivity contribution < 1.29 is 43.2 Å². The molecule has 1 saturated heterocycles. The van der Waals surface area contributed by atoms with Crippen LogP contribution in [0.2, 0.25) is 0 Å². The van der Waals surface area contributed by atoms with Gasteiger partial charge in [-0.1, -0.05) is 33.3 Å². The smallest absolute Gasteiger partial charge is 0.330 e. The average molecular weight is 485 g/mol. The standard InChI is InChI=1S/C25H40O9/c1-8-9-13-32-17(2)21(28)16-20-14-19(15-22(29)30-6)23(33-18(3)27)25(31-7,34-20)24(4,5)11-10-12-26/h10-12,15,17,20-21,23,28H,8-9,13-14,16H2,1-7H3/b11-10+,19-15+/t17-,20+,21-,23+,25-/m1/s1. The van der Waals surface area contributed by atoms with Crippen molar-refractivity contribution in [3.05, 3.63) is 23.8 Å². The van der Waals surface area contributed by atoms with Gasteiger partial charge < -0.3 is 28.8 Å². The van der Waals surface area contributed by atoms with Gasteiger partial charge in [0.25, 0.3) is 0 Å². The van der Waals surface area contributed by atoms with Gasteiger partial charge in [-0.2, -0.15) is 0 Å². The third-order valence-electron chi connectivity index (χ3n) is 5.99. The number of aldehydes is 1. The zero-order valence-electron chi connectivity index (χ0n) is 21.4. The minimum atomic E-state index is -1.60. The van der Waals surface area contributed by atoms with Crippen LogP contribution in [-0.2, 0) is 38.1 Å². The first-order valence-electron chi connectivity index (χ1n) is 11.6. The molecule has 9 nitrogen and oxygen atoms in total. The van der Waals surface area contributed by atoms with Crippen LogP contribution in [-0.4, -0.2) is 74.4 Å². The Labute approximate surface area is 202 Å². The molecule has 194 valence electrons. The maximum absolute atomic E-state index is 12.2. The third kappa shape index (κ3) is 7.73. The van der Waals surface area contributed by atoms with Crippen molar-refractivity contribution in [3.63, 3.8) is 0 Å². The summed E-state index contributed by atoms with van der Waals surface area (Å²) in [6.45, 7) is 9.15. The molecule has 1 rings (SSSR count). The summed E-state index contributed by atoms with van der Waals surface area (Å²) in [6.07, 6.45) is 3.99. The molecule has 0 amide bonds. The van der Waals surface area contributed by atoms with E-state index in [0.29, 0.717) is 18.5 Å². The van der Waals surface area contributed by atoms with Crippen molar-refractivity contribution in [2.45, 2.75) is 90.5 Å². The number of rotatable bonds is 13. The first kappa shape index (κ1) is 30.0. The second-order valence-electron chi connectivity index (χ2n) is 9.00. The zero-order chi connectivity index (χ0) is 25.9. The Morgan fingerprint density at radius 1 is 1.32 bits per heavy atom. The molecule has 0 bridgehead atoms. The van der Waals surface area contributed by atoms with Gasteiger partial charge in [-0.3, -0.25) is 9.59 Å². The van der Waals surface area contributed by atoms with Crippen LogP contribution in [0.3, 0.4) is 0 Å². The lowest BCUT2D eigenvalue weighted by atomic mass is 9.74. The van der Waals surface area contributed by atoms with Crippen LogP contribution < -0.4 is 0 Å². The molecule has 0 aromatic heterocycles. The molecule has 0 unspecified atom stereocenters. The van der Waals surface area contributed by atoms with Crippen LogP contribution >= 0.6 is 0 Å². The topological polar surface area (TPSA) is 118 Å². The summed E-state index contributed by atoms with van der Waals surface area (Å²) >= 11 is 0. The summed E-state index contributed by atoms with van der Waals surface area (Å²) in [5.41, 5.74) is -0.579. The van der Waals surface area contributed by atoms with Gasteiger partial charge in [-0.05, 0) is 31.4 Å². The maximum atomic E-state index is 12.2. The number of hydrogen-bond donors (Lipinski definition) is 1. The van der Waals surface area contributed by atoms with Crippen LogP contribution in [0.1, 0.15) is 60.3 Å². The number of aliphatic hydroxyl groups excluding tert-OH is 1. The Kier molecular flexibility index (Phi) is 12.1. The molecule has 0 aliphatic carbocycles. The molecule has 5 atom stereocenters. The van der Waals surface area contributed by atoms with E-state index in [9.17, 15) is 19.5 Å². The lowest BCUT2D eigenvalue weighted by molar-refractivity contribution is -0.338. The maximum Gasteiger partial charge on any atom is 0.330 e. The number of aliphatic hydroxyl groups is 1. The Balaban J connectivity index is 3.45. The number of carbonyl (C=O) groups is 3. The minimum absolute atomic E-state index is 0.178. The lowest BCUT2D eigenvalue weighted by Gasteiger charge is -2.53. The highest BCUT2D eigenvalue weighted by molar-refractivity contribution is 5.83. The molecule has 0 saturated carbocycles. The highest BCUT2D eigenvalue weighted by atomic mass is 16.7. The van der Waals surface area contributed by atoms with E-state index in [0.717, 1.165) is 12.8 Å². The van der Waals surface area contributed by atoms with Crippen molar-refractivity contribution in [3.8, 4) is 0 Å². The molecular weight excluding hydrogens is 444 g/mol. The monoisotopic (exact) mass is 484 g/mol. The normalized spacial score (nSPS) is 26.3. The second kappa shape index (κ2) is 13.7. The largest absolute Gasteiger partial charge is 0.466 e. The SMILES string of the molecule is CCCCO[C@H](C)[C@H](O)C[C@@H]1C/C(=C\C(=O)OC)[C@H](OC(C)=O)[C@](OC)(C(C)(C)/C=C/C=O)O1. The quantitative estimate of drug-likeness (QED) is 0.182. The molecule has 1 aliphatic heterocycles. The molecule has 1 aliphatic rings. The first-order chi connectivity index (χ1) is 16.0. The fraction of sp³-hybridized carbons (Fsp3) is 0.720. The molecule has 1 fully saturated rings. The van der Waals surface area contributed by atoms with Crippen molar-refractivity contribution in [2.24, 2.45) is 5.41 Å². The highest BCUT2D eigenvalue weighted by Crippen LogP contribution is 2.48. The number of unbranched alkanes of at least 4 members (excludes halogenated alkanes) is 1. The first-order valence-corrected chi connectivity index (χ1v) is 11.6. The van der Waals surface area contributed by atoms with E-state index >= 15 is 0 Å². The van der Waals surface area contributed by atoms with Crippen molar-refractivity contribution >= 4 is 18.2 Å². The van der Waals surface area contributed by atoms with Crippen molar-refractivity contribution in [1.29, 1.82) is 0 Å². The van der Waals surface area contributed by atoms with E-state index in [1.807, 2.05) is 0 Å². The van der Waals surface area contributed by atoms with Crippen molar-refractivity contribution in [2.75, 3.05) is 20.8 Å². The fourth-order valence-corrected chi connectivity index (χ4v) is 4.05. The summed E-state index contributed by atoms with van der Waals surface area (Å²) in [7, 11) is 2.65. The predicted octanol–water partition coefficient (Wildman–Crippen LogP) is 2.89. The average Bonchev–Trinajstić information content (AvgIpc) is 2.78. The number of carbonyl (C=O) groups excluding carboxylic acids is 3. The van der Waals surface area contributed by atoms with E-state index in [4.69, 9.17) is 23.7 Å². The van der Waals surface area contributed by atoms with Gasteiger partial charge in [-0.15, -0.1) is 0 Å². The number of hydrogen-bond acceptors (Lipinski definition) is 9. The van der Waals surface area contributed by atoms with Crippen LogP contribution in [0.25, 0.3) is 0 Å². The van der Waals surface area contributed by atoms with Crippen LogP contribution in [0.15, 0.2) is 23.8 Å². The van der Waals surface area contributed by atoms with Gasteiger partial charge in [0.05, 0.1) is 25.4 Å². The Bertz CT molecular complexity index is 743. The molecule has 9 heteroatoms. The Morgan fingerprint density at radius 3 is 2.53 bits per heavy atom. The number of methoxy groups -OCH3 is 2. The summed E-state index contributed by atoms with van der Waals surface area (Å²) in [6, 6.07) is 0. The predicted molar refractivity (Wildman–Crippen MR) is 125 cm³/mol. The second-order valence-corrected chi connectivity index (χ2v) is 9.00. The molecule has 0 aromatic rings. The molecule has 0 spiro atoms. The Morgan fingerprint density at radius 2 is 2.00 bits per heavy atom. The Hall–Kier alpha value is -2.07. The third-order valence-corrected chi connectivity index (χ3v) is 5.99. The minimum Gasteiger partial charge on any atom is -0.466 e. The van der Waals surface area contributed by atoms with Crippen LogP contribution in [0.5, 0.6) is 0 Å². The number of ether oxygens (including phenoxy) is 5. The molecule has 1 heterocycles. The molecule has 0 radical (unpaired) electrons. The molecular formula is C25H40O9. The number of allylic oxidation sites excluding steroid dienone is 1. The van der Waals surface area contributed by atoms with E-state index in [-0.39, 0.29) is 12.8 Å². The summed E-state index contributed by atoms with van der Waals surface area (Å²) < 4.78 is 28.4. The van der Waals surface area contributed by atoms with Crippen LogP contribution in [0.4, 0.5) is 0 Å². The van der Waals surface area contributed by atoms with Gasteiger partial charge in [0.1, 0.15) is 6.29 Å².